The molecule has 0 aliphatic carbocycles. The maximum absolute atomic E-state index is 12.9. The number of anilines is 1. The number of nitrogens with one attached hydrogen (secondary N) is 2. The molecule has 3 heterocycles. The third kappa shape index (κ3) is 6.28. The zero-order valence-electron chi connectivity index (χ0n) is 20.2. The Kier molecular flexibility index (Phi) is 8.48. The van der Waals surface area contributed by atoms with Gasteiger partial charge in [-0.2, -0.15) is 4.98 Å². The van der Waals surface area contributed by atoms with Gasteiger partial charge in [-0.15, -0.1) is 0 Å². The van der Waals surface area contributed by atoms with Crippen LogP contribution < -0.4 is 16.3 Å². The number of aliphatic hydroxyl groups is 3. The van der Waals surface area contributed by atoms with Crippen LogP contribution in [0.25, 0.3) is 0 Å². The minimum atomic E-state index is -1.46. The van der Waals surface area contributed by atoms with E-state index in [0.717, 1.165) is 4.57 Å². The van der Waals surface area contributed by atoms with Gasteiger partial charge in [-0.1, -0.05) is 0 Å². The summed E-state index contributed by atoms with van der Waals surface area (Å²) < 4.78 is 11.4. The summed E-state index contributed by atoms with van der Waals surface area (Å²) in [5.74, 6) is 1.19. The van der Waals surface area contributed by atoms with Crippen molar-refractivity contribution in [1.29, 1.82) is 0 Å². The van der Waals surface area contributed by atoms with E-state index in [1.165, 1.54) is 17.2 Å². The summed E-state index contributed by atoms with van der Waals surface area (Å²) in [6, 6.07) is 0.556. The highest BCUT2D eigenvalue weighted by Crippen LogP contribution is 2.28. The number of carbonyl (C=O) groups is 2. The maximum atomic E-state index is 12.9. The molecular weight excluding hydrogens is 478 g/mol. The van der Waals surface area contributed by atoms with E-state index >= 15 is 0 Å². The number of hydrogen-bond acceptors (Lipinski definition) is 11. The second-order valence-electron chi connectivity index (χ2n) is 9.48. The highest BCUT2D eigenvalue weighted by Gasteiger charge is 2.43. The Labute approximate surface area is 206 Å². The number of alkyl carbamates (subject to hydrolysis) is 1. The highest BCUT2D eigenvalue weighted by molar-refractivity contribution is 5.94. The van der Waals surface area contributed by atoms with Crippen LogP contribution in [0.4, 0.5) is 10.6 Å². The Morgan fingerprint density at radius 3 is 2.61 bits per heavy atom. The Balaban J connectivity index is 1.65. The fraction of sp³-hybridized carbons (Fsp3) is 0.636. The van der Waals surface area contributed by atoms with Crippen LogP contribution in [0.3, 0.4) is 0 Å². The number of likely N-dealkylation sites (tertiary alicyclic amines) is 1. The molecule has 2 saturated heterocycles. The molecule has 198 valence electrons. The lowest BCUT2D eigenvalue weighted by Gasteiger charge is -2.26. The van der Waals surface area contributed by atoms with Crippen molar-refractivity contribution in [3.63, 3.8) is 0 Å². The zero-order valence-corrected chi connectivity index (χ0v) is 20.2. The molecular formula is C22H31N5O9. The molecule has 2 amide bonds. The Morgan fingerprint density at radius 1 is 1.31 bits per heavy atom. The predicted octanol–water partition coefficient (Wildman–Crippen LogP) is -1.50. The van der Waals surface area contributed by atoms with Crippen LogP contribution in [0.1, 0.15) is 39.8 Å². The topological polar surface area (TPSA) is 193 Å². The molecule has 5 atom stereocenters. The molecule has 5 unspecified atom stereocenters. The van der Waals surface area contributed by atoms with Crippen molar-refractivity contribution >= 4 is 23.8 Å². The van der Waals surface area contributed by atoms with Gasteiger partial charge in [-0.25, -0.2) is 14.4 Å². The van der Waals surface area contributed by atoms with E-state index in [4.69, 9.17) is 9.47 Å². The van der Waals surface area contributed by atoms with Crippen LogP contribution in [-0.2, 0) is 19.1 Å². The first-order valence-electron chi connectivity index (χ1n) is 11.4. The fourth-order valence-corrected chi connectivity index (χ4v) is 4.02. The molecule has 36 heavy (non-hydrogen) atoms. The second-order valence-corrected chi connectivity index (χ2v) is 9.48. The third-order valence-corrected chi connectivity index (χ3v) is 5.69. The summed E-state index contributed by atoms with van der Waals surface area (Å²) in [5, 5.41) is 34.2. The van der Waals surface area contributed by atoms with Gasteiger partial charge < -0.3 is 40.3 Å². The molecule has 14 nitrogen and oxygen atoms in total. The predicted molar refractivity (Wildman–Crippen MR) is 123 cm³/mol. The van der Waals surface area contributed by atoms with Crippen LogP contribution >= 0.6 is 0 Å². The van der Waals surface area contributed by atoms with Gasteiger partial charge in [0.1, 0.15) is 47.4 Å². The number of hydrogen-bond donors (Lipinski definition) is 5. The van der Waals surface area contributed by atoms with E-state index < -0.39 is 60.5 Å². The monoisotopic (exact) mass is 509 g/mol. The summed E-state index contributed by atoms with van der Waals surface area (Å²) in [4.78, 5) is 54.2. The molecule has 1 aromatic heterocycles. The minimum Gasteiger partial charge on any atom is -0.444 e. The molecule has 1 aromatic rings. The van der Waals surface area contributed by atoms with Gasteiger partial charge in [0.05, 0.1) is 13.2 Å². The van der Waals surface area contributed by atoms with Gasteiger partial charge in [0, 0.05) is 12.7 Å². The standard InChI is InChI=1S/C22H31N5O9/c1-22(2,3)36-21(34)23-9-12(10-28)26-7-4-5-13(26)18(32)24-15-6-8-27(20(33)25-15)19-17(31)16(30)14(11-29)35-19/h6,8,13-14,16-17,19,29-31H,4-5,7,9,11H2,1-3H3,(H,23,34)(H,24,25,32,33). The molecule has 0 radical (unpaired) electrons. The first-order chi connectivity index (χ1) is 16.9. The first kappa shape index (κ1) is 27.3. The van der Waals surface area contributed by atoms with Crippen molar-refractivity contribution in [2.75, 3.05) is 25.0 Å². The van der Waals surface area contributed by atoms with Gasteiger partial charge in [0.15, 0.2) is 6.23 Å². The molecule has 2 aliphatic rings. The third-order valence-electron chi connectivity index (χ3n) is 5.69. The molecule has 0 bridgehead atoms. The van der Waals surface area contributed by atoms with Crippen molar-refractivity contribution in [2.45, 2.75) is 69.8 Å². The normalized spacial score (nSPS) is 25.8. The fourth-order valence-electron chi connectivity index (χ4n) is 4.02. The van der Waals surface area contributed by atoms with E-state index in [1.54, 1.807) is 26.7 Å². The van der Waals surface area contributed by atoms with Crippen LogP contribution in [0.2, 0.25) is 0 Å². The summed E-state index contributed by atoms with van der Waals surface area (Å²) in [7, 11) is 0. The Morgan fingerprint density at radius 2 is 2.03 bits per heavy atom. The number of amides is 2. The molecule has 0 saturated carbocycles. The van der Waals surface area contributed by atoms with E-state index in [9.17, 15) is 34.5 Å². The minimum absolute atomic E-state index is 0.0663. The first-order valence-corrected chi connectivity index (χ1v) is 11.4. The van der Waals surface area contributed by atoms with E-state index in [2.05, 4.69) is 15.6 Å². The van der Waals surface area contributed by atoms with Crippen LogP contribution in [-0.4, -0.2) is 97.4 Å². The summed E-state index contributed by atoms with van der Waals surface area (Å²) in [6.07, 6.45) is -3.62. The lowest BCUT2D eigenvalue weighted by molar-refractivity contribution is -0.119. The van der Waals surface area contributed by atoms with Crippen molar-refractivity contribution in [1.82, 2.24) is 19.8 Å². The molecule has 14 heteroatoms. The van der Waals surface area contributed by atoms with Crippen molar-refractivity contribution in [3.8, 4) is 0 Å². The van der Waals surface area contributed by atoms with Crippen molar-refractivity contribution in [3.05, 3.63) is 28.4 Å². The average Bonchev–Trinajstić information content (AvgIpc) is 3.39. The van der Waals surface area contributed by atoms with Gasteiger partial charge in [0.25, 0.3) is 0 Å². The number of aliphatic hydroxyl groups excluding tert-OH is 3. The van der Waals surface area contributed by atoms with Gasteiger partial charge in [-0.05, 0) is 39.7 Å². The number of ether oxygens (including phenoxy) is 2. The van der Waals surface area contributed by atoms with Crippen molar-refractivity contribution < 1.29 is 39.2 Å². The summed E-state index contributed by atoms with van der Waals surface area (Å²) in [5.41, 5.74) is -1.50. The number of rotatable bonds is 7. The molecule has 2 fully saturated rings. The second kappa shape index (κ2) is 11.2. The number of carbonyl (C=O) groups excluding carboxylic acids is 3. The van der Waals surface area contributed by atoms with Gasteiger partial charge in [0.2, 0.25) is 5.91 Å². The Bertz CT molecular complexity index is 1080. The zero-order chi connectivity index (χ0) is 26.6. The molecule has 3 rings (SSSR count). The lowest BCUT2D eigenvalue weighted by Crippen LogP contribution is -2.43. The van der Waals surface area contributed by atoms with Crippen LogP contribution in [0.15, 0.2) is 22.8 Å². The van der Waals surface area contributed by atoms with E-state index in [0.29, 0.717) is 19.4 Å². The van der Waals surface area contributed by atoms with Gasteiger partial charge in [-0.3, -0.25) is 9.36 Å². The van der Waals surface area contributed by atoms with Crippen LogP contribution in [0.5, 0.6) is 0 Å². The molecule has 5 N–H and O–H groups in total. The smallest absolute Gasteiger partial charge is 0.407 e. The SMILES string of the molecule is CC(C)(C)OC(=O)NCC(=C=O)N1CCCC1C(=O)Nc1ccn(C2OC(CO)C(O)C2O)c(=O)n1. The Hall–Kier alpha value is -3.29. The van der Waals surface area contributed by atoms with E-state index in [1.807, 2.05) is 0 Å². The lowest BCUT2D eigenvalue weighted by atomic mass is 10.1. The van der Waals surface area contributed by atoms with E-state index in [-0.39, 0.29) is 18.1 Å². The summed E-state index contributed by atoms with van der Waals surface area (Å²) >= 11 is 0. The number of aromatic nitrogens is 2. The average molecular weight is 510 g/mol. The molecule has 0 aromatic carbocycles. The summed E-state index contributed by atoms with van der Waals surface area (Å²) in [6.45, 7) is 4.77. The molecule has 2 aliphatic heterocycles. The number of nitrogens with zero attached hydrogens (tertiary/aromatic N) is 3. The quantitative estimate of drug-likeness (QED) is 0.269. The largest absolute Gasteiger partial charge is 0.444 e. The molecule has 0 spiro atoms. The van der Waals surface area contributed by atoms with Crippen LogP contribution in [0, 0.1) is 0 Å². The van der Waals surface area contributed by atoms with Crippen molar-refractivity contribution in [2.24, 2.45) is 0 Å². The van der Waals surface area contributed by atoms with Gasteiger partial charge >= 0.3 is 11.8 Å². The highest BCUT2D eigenvalue weighted by atomic mass is 16.6. The maximum Gasteiger partial charge on any atom is 0.407 e.